The smallest absolute Gasteiger partial charge is 0.255 e. The number of pyridine rings is 1. The Labute approximate surface area is 173 Å². The fourth-order valence-corrected chi connectivity index (χ4v) is 3.99. The van der Waals surface area contributed by atoms with E-state index in [0.29, 0.717) is 35.4 Å². The van der Waals surface area contributed by atoms with E-state index in [0.717, 1.165) is 5.56 Å². The fourth-order valence-electron chi connectivity index (χ4n) is 3.99. The maximum atomic E-state index is 13.0. The van der Waals surface area contributed by atoms with E-state index in [4.69, 9.17) is 10.5 Å². The maximum absolute atomic E-state index is 13.0. The third-order valence-corrected chi connectivity index (χ3v) is 5.54. The van der Waals surface area contributed by atoms with Crippen molar-refractivity contribution in [1.82, 2.24) is 9.88 Å². The van der Waals surface area contributed by atoms with Gasteiger partial charge in [-0.3, -0.25) is 19.0 Å². The van der Waals surface area contributed by atoms with Crippen molar-refractivity contribution in [3.05, 3.63) is 93.9 Å². The summed E-state index contributed by atoms with van der Waals surface area (Å²) in [6, 6.07) is 16.9. The van der Waals surface area contributed by atoms with Crippen LogP contribution in [0.5, 0.6) is 5.75 Å². The Morgan fingerprint density at radius 1 is 1.07 bits per heavy atom. The molecule has 1 aliphatic carbocycles. The van der Waals surface area contributed by atoms with Crippen molar-refractivity contribution in [3.63, 3.8) is 0 Å². The number of aromatic nitrogens is 1. The molecule has 7 heteroatoms. The normalized spacial score (nSPS) is 17.2. The summed E-state index contributed by atoms with van der Waals surface area (Å²) < 4.78 is 6.87. The van der Waals surface area contributed by atoms with E-state index in [-0.39, 0.29) is 5.56 Å². The molecule has 3 aromatic rings. The molecule has 0 bridgehead atoms. The number of fused-ring (bicyclic) bond motifs is 1. The average molecular weight is 403 g/mol. The first-order valence-corrected chi connectivity index (χ1v) is 9.53. The molecule has 1 heterocycles. The standard InChI is InChI=1S/C23H21N3O4/c1-30-19-6-4-5-18-17(19)12-13-23(18,22(24)29)25-21(28)15-8-10-16(11-9-15)26-14-3-2-7-20(26)27/h2-11,14H,12-13H2,1H3,(H2,24,29)(H,25,28). The summed E-state index contributed by atoms with van der Waals surface area (Å²) in [6.07, 6.45) is 2.59. The molecular weight excluding hydrogens is 382 g/mol. The summed E-state index contributed by atoms with van der Waals surface area (Å²) in [7, 11) is 1.57. The summed E-state index contributed by atoms with van der Waals surface area (Å²) in [4.78, 5) is 37.4. The minimum atomic E-state index is -1.30. The second kappa shape index (κ2) is 7.51. The number of amides is 2. The van der Waals surface area contributed by atoms with Gasteiger partial charge in [0.25, 0.3) is 11.5 Å². The Morgan fingerprint density at radius 3 is 2.50 bits per heavy atom. The Kier molecular flexibility index (Phi) is 4.87. The van der Waals surface area contributed by atoms with Gasteiger partial charge in [0.1, 0.15) is 11.3 Å². The Balaban J connectivity index is 1.64. The molecule has 0 saturated heterocycles. The predicted octanol–water partition coefficient (Wildman–Crippen LogP) is 1.90. The van der Waals surface area contributed by atoms with Gasteiger partial charge in [-0.25, -0.2) is 0 Å². The van der Waals surface area contributed by atoms with E-state index in [1.807, 2.05) is 6.07 Å². The predicted molar refractivity (Wildman–Crippen MR) is 112 cm³/mol. The minimum Gasteiger partial charge on any atom is -0.496 e. The zero-order valence-corrected chi connectivity index (χ0v) is 16.4. The van der Waals surface area contributed by atoms with Crippen LogP contribution < -0.4 is 21.3 Å². The van der Waals surface area contributed by atoms with Crippen molar-refractivity contribution in [3.8, 4) is 11.4 Å². The second-order valence-electron chi connectivity index (χ2n) is 7.17. The zero-order chi connectivity index (χ0) is 21.3. The number of nitrogens with zero attached hydrogens (tertiary/aromatic N) is 1. The monoisotopic (exact) mass is 403 g/mol. The molecule has 0 aliphatic heterocycles. The maximum Gasteiger partial charge on any atom is 0.255 e. The summed E-state index contributed by atoms with van der Waals surface area (Å²) >= 11 is 0. The van der Waals surface area contributed by atoms with Gasteiger partial charge < -0.3 is 15.8 Å². The summed E-state index contributed by atoms with van der Waals surface area (Å²) in [5.74, 6) is -0.366. The first-order chi connectivity index (χ1) is 14.5. The van der Waals surface area contributed by atoms with Crippen LogP contribution in [0, 0.1) is 0 Å². The number of methoxy groups -OCH3 is 1. The molecule has 1 unspecified atom stereocenters. The number of rotatable bonds is 5. The van der Waals surface area contributed by atoms with Crippen molar-refractivity contribution >= 4 is 11.8 Å². The van der Waals surface area contributed by atoms with E-state index in [1.165, 1.54) is 10.6 Å². The van der Waals surface area contributed by atoms with Crippen LogP contribution in [0.4, 0.5) is 0 Å². The van der Waals surface area contributed by atoms with Gasteiger partial charge >= 0.3 is 0 Å². The number of nitrogens with one attached hydrogen (secondary N) is 1. The summed E-state index contributed by atoms with van der Waals surface area (Å²) in [6.45, 7) is 0. The number of hydrogen-bond donors (Lipinski definition) is 2. The van der Waals surface area contributed by atoms with E-state index in [2.05, 4.69) is 5.32 Å². The van der Waals surface area contributed by atoms with Gasteiger partial charge in [-0.05, 0) is 54.8 Å². The zero-order valence-electron chi connectivity index (χ0n) is 16.4. The molecule has 0 radical (unpaired) electrons. The van der Waals surface area contributed by atoms with Gasteiger partial charge in [0.2, 0.25) is 5.91 Å². The van der Waals surface area contributed by atoms with Crippen molar-refractivity contribution in [2.75, 3.05) is 7.11 Å². The Bertz CT molecular complexity index is 1180. The SMILES string of the molecule is COc1cccc2c1CCC2(NC(=O)c1ccc(-n2ccccc2=O)cc1)C(N)=O. The van der Waals surface area contributed by atoms with Crippen molar-refractivity contribution in [2.24, 2.45) is 5.73 Å². The molecule has 152 valence electrons. The number of primary amides is 1. The Hall–Kier alpha value is -3.87. The first kappa shape index (κ1) is 19.4. The third kappa shape index (κ3) is 3.14. The van der Waals surface area contributed by atoms with Crippen LogP contribution in [-0.2, 0) is 16.8 Å². The molecule has 2 amide bonds. The van der Waals surface area contributed by atoms with Gasteiger partial charge in [-0.15, -0.1) is 0 Å². The van der Waals surface area contributed by atoms with Gasteiger partial charge in [0.05, 0.1) is 7.11 Å². The first-order valence-electron chi connectivity index (χ1n) is 9.53. The van der Waals surface area contributed by atoms with E-state index in [9.17, 15) is 14.4 Å². The molecule has 4 rings (SSSR count). The molecule has 1 aliphatic rings. The Morgan fingerprint density at radius 2 is 1.83 bits per heavy atom. The number of nitrogens with two attached hydrogens (primary N) is 1. The van der Waals surface area contributed by atoms with Crippen LogP contribution in [0.3, 0.4) is 0 Å². The molecule has 0 spiro atoms. The van der Waals surface area contributed by atoms with Crippen molar-refractivity contribution in [1.29, 1.82) is 0 Å². The molecule has 0 saturated carbocycles. The summed E-state index contributed by atoms with van der Waals surface area (Å²) in [5.41, 5.74) is 6.82. The number of ether oxygens (including phenoxy) is 1. The number of carbonyl (C=O) groups excluding carboxylic acids is 2. The lowest BCUT2D eigenvalue weighted by atomic mass is 9.90. The largest absolute Gasteiger partial charge is 0.496 e. The quantitative estimate of drug-likeness (QED) is 0.679. The topological polar surface area (TPSA) is 103 Å². The third-order valence-electron chi connectivity index (χ3n) is 5.54. The van der Waals surface area contributed by atoms with Gasteiger partial charge in [0.15, 0.2) is 0 Å². The van der Waals surface area contributed by atoms with Crippen LogP contribution in [0.2, 0.25) is 0 Å². The molecular formula is C23H21N3O4. The molecule has 1 atom stereocenters. The lowest BCUT2D eigenvalue weighted by molar-refractivity contribution is -0.124. The van der Waals surface area contributed by atoms with E-state index in [1.54, 1.807) is 61.8 Å². The van der Waals surface area contributed by atoms with Crippen LogP contribution in [0.25, 0.3) is 5.69 Å². The number of benzene rings is 2. The van der Waals surface area contributed by atoms with Gasteiger partial charge in [-0.1, -0.05) is 18.2 Å². The number of carbonyl (C=O) groups is 2. The van der Waals surface area contributed by atoms with E-state index < -0.39 is 17.4 Å². The molecule has 1 aromatic heterocycles. The molecule has 30 heavy (non-hydrogen) atoms. The highest BCUT2D eigenvalue weighted by atomic mass is 16.5. The number of hydrogen-bond acceptors (Lipinski definition) is 4. The van der Waals surface area contributed by atoms with Crippen molar-refractivity contribution in [2.45, 2.75) is 18.4 Å². The van der Waals surface area contributed by atoms with Gasteiger partial charge in [0, 0.05) is 29.1 Å². The van der Waals surface area contributed by atoms with Gasteiger partial charge in [-0.2, -0.15) is 0 Å². The minimum absolute atomic E-state index is 0.168. The van der Waals surface area contributed by atoms with Crippen LogP contribution in [0.15, 0.2) is 71.7 Å². The van der Waals surface area contributed by atoms with Crippen LogP contribution in [-0.4, -0.2) is 23.5 Å². The lowest BCUT2D eigenvalue weighted by Gasteiger charge is -2.28. The van der Waals surface area contributed by atoms with Crippen LogP contribution >= 0.6 is 0 Å². The van der Waals surface area contributed by atoms with Crippen LogP contribution in [0.1, 0.15) is 27.9 Å². The van der Waals surface area contributed by atoms with Crippen molar-refractivity contribution < 1.29 is 14.3 Å². The lowest BCUT2D eigenvalue weighted by Crippen LogP contribution is -2.53. The molecule has 2 aromatic carbocycles. The highest BCUT2D eigenvalue weighted by molar-refractivity contribution is 6.00. The summed E-state index contributed by atoms with van der Waals surface area (Å²) in [5, 5.41) is 2.85. The molecule has 7 nitrogen and oxygen atoms in total. The highest BCUT2D eigenvalue weighted by Crippen LogP contribution is 2.41. The molecule has 3 N–H and O–H groups in total. The highest BCUT2D eigenvalue weighted by Gasteiger charge is 2.46. The average Bonchev–Trinajstić information content (AvgIpc) is 3.14. The molecule has 0 fully saturated rings. The van der Waals surface area contributed by atoms with E-state index >= 15 is 0 Å². The fraction of sp³-hybridized carbons (Fsp3) is 0.174. The second-order valence-corrected chi connectivity index (χ2v) is 7.17.